The topological polar surface area (TPSA) is 44.9 Å². The molecule has 1 aliphatic carbocycles. The summed E-state index contributed by atoms with van der Waals surface area (Å²) in [5.41, 5.74) is 2.52. The third-order valence-electron chi connectivity index (χ3n) is 6.37. The molecule has 0 radical (unpaired) electrons. The van der Waals surface area contributed by atoms with Crippen LogP contribution in [0.4, 0.5) is 0 Å². The molecule has 1 aromatic carbocycles. The first-order valence-corrected chi connectivity index (χ1v) is 11.3. The van der Waals surface area contributed by atoms with Gasteiger partial charge in [-0.2, -0.15) is 0 Å². The Morgan fingerprint density at radius 2 is 1.93 bits per heavy atom. The summed E-state index contributed by atoms with van der Waals surface area (Å²) in [7, 11) is 0. The van der Waals surface area contributed by atoms with Crippen molar-refractivity contribution < 1.29 is 9.53 Å². The van der Waals surface area contributed by atoms with Gasteiger partial charge in [0.1, 0.15) is 12.3 Å². The van der Waals surface area contributed by atoms with Crippen molar-refractivity contribution in [3.8, 4) is 0 Å². The van der Waals surface area contributed by atoms with E-state index in [0.717, 1.165) is 32.2 Å². The number of hydrogen-bond acceptors (Lipinski definition) is 3. The third kappa shape index (κ3) is 4.96. The fourth-order valence-electron chi connectivity index (χ4n) is 4.77. The highest BCUT2D eigenvalue weighted by molar-refractivity contribution is 5.82. The molecule has 0 bridgehead atoms. The Labute approximate surface area is 171 Å². The molecule has 1 heterocycles. The van der Waals surface area contributed by atoms with Crippen LogP contribution in [0.15, 0.2) is 24.3 Å². The van der Waals surface area contributed by atoms with Gasteiger partial charge in [-0.3, -0.25) is 9.69 Å². The highest BCUT2D eigenvalue weighted by Crippen LogP contribution is 2.45. The van der Waals surface area contributed by atoms with E-state index in [1.165, 1.54) is 30.4 Å². The molecule has 28 heavy (non-hydrogen) atoms. The summed E-state index contributed by atoms with van der Waals surface area (Å²) in [6.07, 6.45) is 8.30. The minimum Gasteiger partial charge on any atom is -0.355 e. The molecule has 1 N–H and O–H groups in total. The number of amides is 1. The van der Waals surface area contributed by atoms with Crippen LogP contribution in [0.5, 0.6) is 0 Å². The van der Waals surface area contributed by atoms with E-state index in [0.29, 0.717) is 5.92 Å². The minimum atomic E-state index is -0.0869. The summed E-state index contributed by atoms with van der Waals surface area (Å²) >= 11 is 0. The molecule has 1 saturated heterocycles. The van der Waals surface area contributed by atoms with E-state index in [1.54, 1.807) is 0 Å². The summed E-state index contributed by atoms with van der Waals surface area (Å²) in [4.78, 5) is 15.7. The average Bonchev–Trinajstić information content (AvgIpc) is 3.46. The fourth-order valence-corrected chi connectivity index (χ4v) is 4.77. The maximum absolute atomic E-state index is 13.3. The molecule has 3 unspecified atom stereocenters. The molecule has 1 amide bonds. The lowest BCUT2D eigenvalue weighted by Gasteiger charge is -2.39. The van der Waals surface area contributed by atoms with E-state index >= 15 is 0 Å². The van der Waals surface area contributed by atoms with Gasteiger partial charge >= 0.3 is 0 Å². The number of carbonyl (C=O) groups excluding carboxylic acids is 1. The molecule has 1 aliphatic heterocycles. The standard InChI is InChI=1S/C24H38N2O2/c1-5-6-16-25-23(27)21(19-13-8-7-9-14-19)26(17(2)3)24-22(28-24)20-15-11-10-12-18(20)4/h10-12,15,17,19,21-22,24H,5-9,13-14,16H2,1-4H3,(H,25,27). The van der Waals surface area contributed by atoms with Crippen molar-refractivity contribution >= 4 is 5.91 Å². The second kappa shape index (κ2) is 9.89. The van der Waals surface area contributed by atoms with Crippen LogP contribution in [-0.2, 0) is 9.53 Å². The number of unbranched alkanes of at least 4 members (excludes halogenated alkanes) is 1. The number of nitrogens with zero attached hydrogens (tertiary/aromatic N) is 1. The van der Waals surface area contributed by atoms with Crippen LogP contribution < -0.4 is 5.32 Å². The van der Waals surface area contributed by atoms with Crippen molar-refractivity contribution in [1.82, 2.24) is 10.2 Å². The van der Waals surface area contributed by atoms with Crippen LogP contribution in [0, 0.1) is 12.8 Å². The Morgan fingerprint density at radius 1 is 1.21 bits per heavy atom. The summed E-state index contributed by atoms with van der Waals surface area (Å²) in [5, 5.41) is 3.23. The molecular formula is C24H38N2O2. The lowest BCUT2D eigenvalue weighted by molar-refractivity contribution is -0.131. The van der Waals surface area contributed by atoms with Gasteiger partial charge in [0, 0.05) is 12.6 Å². The molecule has 3 rings (SSSR count). The van der Waals surface area contributed by atoms with Crippen molar-refractivity contribution in [3.05, 3.63) is 35.4 Å². The van der Waals surface area contributed by atoms with Gasteiger partial charge in [0.2, 0.25) is 5.91 Å². The van der Waals surface area contributed by atoms with Crippen LogP contribution in [0.2, 0.25) is 0 Å². The number of carbonyl (C=O) groups is 1. The van der Waals surface area contributed by atoms with Crippen molar-refractivity contribution in [2.75, 3.05) is 6.54 Å². The molecule has 4 heteroatoms. The zero-order chi connectivity index (χ0) is 20.1. The van der Waals surface area contributed by atoms with E-state index in [1.807, 2.05) is 0 Å². The molecule has 1 aromatic rings. The summed E-state index contributed by atoms with van der Waals surface area (Å²) < 4.78 is 6.20. The van der Waals surface area contributed by atoms with Gasteiger partial charge in [0.25, 0.3) is 0 Å². The maximum atomic E-state index is 13.3. The number of benzene rings is 1. The zero-order valence-corrected chi connectivity index (χ0v) is 18.1. The van der Waals surface area contributed by atoms with Gasteiger partial charge in [-0.15, -0.1) is 0 Å². The van der Waals surface area contributed by atoms with E-state index in [2.05, 4.69) is 62.2 Å². The molecule has 2 aliphatic rings. The third-order valence-corrected chi connectivity index (χ3v) is 6.37. The van der Waals surface area contributed by atoms with Crippen LogP contribution in [-0.4, -0.2) is 35.7 Å². The van der Waals surface area contributed by atoms with E-state index in [9.17, 15) is 4.79 Å². The zero-order valence-electron chi connectivity index (χ0n) is 18.1. The van der Waals surface area contributed by atoms with Gasteiger partial charge in [-0.25, -0.2) is 0 Å². The minimum absolute atomic E-state index is 0.00458. The Hall–Kier alpha value is -1.39. The van der Waals surface area contributed by atoms with Crippen molar-refractivity contribution in [3.63, 3.8) is 0 Å². The summed E-state index contributed by atoms with van der Waals surface area (Å²) in [5.74, 6) is 0.632. The van der Waals surface area contributed by atoms with E-state index in [4.69, 9.17) is 4.74 Å². The summed E-state index contributed by atoms with van der Waals surface area (Å²) in [6.45, 7) is 9.48. The monoisotopic (exact) mass is 386 g/mol. The van der Waals surface area contributed by atoms with Crippen LogP contribution in [0.1, 0.15) is 82.9 Å². The highest BCUT2D eigenvalue weighted by atomic mass is 16.6. The smallest absolute Gasteiger partial charge is 0.237 e. The maximum Gasteiger partial charge on any atom is 0.237 e. The van der Waals surface area contributed by atoms with E-state index in [-0.39, 0.29) is 30.3 Å². The quantitative estimate of drug-likeness (QED) is 0.481. The molecular weight excluding hydrogens is 348 g/mol. The highest BCUT2D eigenvalue weighted by Gasteiger charge is 2.51. The number of rotatable bonds is 9. The number of hydrogen-bond donors (Lipinski definition) is 1. The Balaban J connectivity index is 1.80. The lowest BCUT2D eigenvalue weighted by atomic mass is 9.82. The Kier molecular flexibility index (Phi) is 7.53. The normalized spacial score (nSPS) is 23.8. The molecule has 156 valence electrons. The number of ether oxygens (including phenoxy) is 1. The van der Waals surface area contributed by atoms with E-state index < -0.39 is 0 Å². The van der Waals surface area contributed by atoms with Gasteiger partial charge in [-0.1, -0.05) is 56.9 Å². The predicted octanol–water partition coefficient (Wildman–Crippen LogP) is 4.97. The first kappa shape index (κ1) is 21.3. The van der Waals surface area contributed by atoms with Gasteiger partial charge < -0.3 is 10.1 Å². The molecule has 2 fully saturated rings. The fraction of sp³-hybridized carbons (Fsp3) is 0.708. The molecule has 1 saturated carbocycles. The van der Waals surface area contributed by atoms with Gasteiger partial charge in [0.05, 0.1) is 6.04 Å². The molecule has 4 nitrogen and oxygen atoms in total. The second-order valence-electron chi connectivity index (χ2n) is 8.83. The van der Waals surface area contributed by atoms with Crippen LogP contribution in [0.3, 0.4) is 0 Å². The van der Waals surface area contributed by atoms with Crippen molar-refractivity contribution in [2.45, 2.75) is 97.1 Å². The van der Waals surface area contributed by atoms with Gasteiger partial charge in [0.15, 0.2) is 0 Å². The first-order chi connectivity index (χ1) is 13.5. The van der Waals surface area contributed by atoms with Crippen LogP contribution in [0.25, 0.3) is 0 Å². The first-order valence-electron chi connectivity index (χ1n) is 11.3. The number of nitrogens with one attached hydrogen (secondary N) is 1. The second-order valence-corrected chi connectivity index (χ2v) is 8.83. The average molecular weight is 387 g/mol. The Bertz CT molecular complexity index is 639. The van der Waals surface area contributed by atoms with Crippen LogP contribution >= 0.6 is 0 Å². The van der Waals surface area contributed by atoms with Crippen molar-refractivity contribution in [1.29, 1.82) is 0 Å². The lowest BCUT2D eigenvalue weighted by Crippen LogP contribution is -2.55. The van der Waals surface area contributed by atoms with Gasteiger partial charge in [-0.05, 0) is 57.1 Å². The predicted molar refractivity (Wildman–Crippen MR) is 114 cm³/mol. The molecule has 0 aromatic heterocycles. The SMILES string of the molecule is CCCCNC(=O)C(C1CCCCC1)N(C(C)C)C1OC1c1ccccc1C. The largest absolute Gasteiger partial charge is 0.355 e. The molecule has 0 spiro atoms. The molecule has 3 atom stereocenters. The summed E-state index contributed by atoms with van der Waals surface area (Å²) in [6, 6.07) is 8.64. The Morgan fingerprint density at radius 3 is 2.57 bits per heavy atom. The van der Waals surface area contributed by atoms with Crippen molar-refractivity contribution in [2.24, 2.45) is 5.92 Å². The number of aryl methyl sites for hydroxylation is 1. The number of epoxide rings is 1.